The summed E-state index contributed by atoms with van der Waals surface area (Å²) in [5.74, 6) is 0. The molecule has 1 saturated carbocycles. The predicted octanol–water partition coefficient (Wildman–Crippen LogP) is 2.08. The fraction of sp³-hybridized carbons (Fsp3) is 1.00. The molecule has 0 amide bonds. The van der Waals surface area contributed by atoms with Crippen molar-refractivity contribution >= 4 is 0 Å². The van der Waals surface area contributed by atoms with Gasteiger partial charge in [-0.1, -0.05) is 0 Å². The lowest BCUT2D eigenvalue weighted by Crippen LogP contribution is -2.46. The summed E-state index contributed by atoms with van der Waals surface area (Å²) < 4.78 is 5.50. The minimum Gasteiger partial charge on any atom is -0.394 e. The van der Waals surface area contributed by atoms with E-state index in [0.29, 0.717) is 12.1 Å². The second-order valence-corrected chi connectivity index (χ2v) is 5.51. The standard InChI is InChI=1S/C13H27NO2/c1-11(2)16-9-5-4-8-13(3,10-15)14-12-6-7-12/h11-12,14-15H,4-10H2,1-3H3. The SMILES string of the molecule is CC(C)OCCCCC(C)(CO)NC1CC1. The van der Waals surface area contributed by atoms with Crippen LogP contribution < -0.4 is 5.32 Å². The largest absolute Gasteiger partial charge is 0.394 e. The minimum atomic E-state index is -0.0843. The normalized spacial score (nSPS) is 20.1. The van der Waals surface area contributed by atoms with Crippen molar-refractivity contribution in [3.05, 3.63) is 0 Å². The van der Waals surface area contributed by atoms with Crippen LogP contribution in [0.4, 0.5) is 0 Å². The van der Waals surface area contributed by atoms with Gasteiger partial charge in [0, 0.05) is 18.2 Å². The van der Waals surface area contributed by atoms with Crippen LogP contribution in [0.5, 0.6) is 0 Å². The molecule has 3 heteroatoms. The van der Waals surface area contributed by atoms with Crippen LogP contribution in [0.2, 0.25) is 0 Å². The van der Waals surface area contributed by atoms with Crippen molar-refractivity contribution in [3.8, 4) is 0 Å². The molecule has 0 aromatic carbocycles. The van der Waals surface area contributed by atoms with Gasteiger partial charge in [-0.05, 0) is 52.9 Å². The highest BCUT2D eigenvalue weighted by atomic mass is 16.5. The highest BCUT2D eigenvalue weighted by molar-refractivity contribution is 4.92. The van der Waals surface area contributed by atoms with E-state index in [2.05, 4.69) is 26.1 Å². The molecule has 1 unspecified atom stereocenters. The Morgan fingerprint density at radius 2 is 2.06 bits per heavy atom. The van der Waals surface area contributed by atoms with Crippen LogP contribution in [-0.4, -0.2) is 36.0 Å². The number of unbranched alkanes of at least 4 members (excludes halogenated alkanes) is 1. The molecule has 0 aromatic heterocycles. The van der Waals surface area contributed by atoms with Crippen molar-refractivity contribution in [1.29, 1.82) is 0 Å². The first-order valence-corrected chi connectivity index (χ1v) is 6.56. The summed E-state index contributed by atoms with van der Waals surface area (Å²) in [6.07, 6.45) is 6.09. The summed E-state index contributed by atoms with van der Waals surface area (Å²) in [5.41, 5.74) is -0.0843. The van der Waals surface area contributed by atoms with E-state index in [1.54, 1.807) is 0 Å². The first kappa shape index (κ1) is 13.9. The van der Waals surface area contributed by atoms with Gasteiger partial charge in [0.1, 0.15) is 0 Å². The third kappa shape index (κ3) is 5.83. The molecule has 3 nitrogen and oxygen atoms in total. The zero-order valence-corrected chi connectivity index (χ0v) is 11.0. The molecule has 0 heterocycles. The molecule has 96 valence electrons. The summed E-state index contributed by atoms with van der Waals surface area (Å²) in [6.45, 7) is 7.31. The van der Waals surface area contributed by atoms with Crippen LogP contribution in [0.3, 0.4) is 0 Å². The smallest absolute Gasteiger partial charge is 0.0610 e. The maximum Gasteiger partial charge on any atom is 0.0610 e. The molecule has 0 radical (unpaired) electrons. The average Bonchev–Trinajstić information content (AvgIpc) is 3.01. The molecule has 0 aromatic rings. The monoisotopic (exact) mass is 229 g/mol. The van der Waals surface area contributed by atoms with E-state index in [0.717, 1.165) is 25.9 Å². The van der Waals surface area contributed by atoms with Crippen molar-refractivity contribution in [2.75, 3.05) is 13.2 Å². The second-order valence-electron chi connectivity index (χ2n) is 5.51. The lowest BCUT2D eigenvalue weighted by molar-refractivity contribution is 0.0729. The maximum absolute atomic E-state index is 9.41. The molecule has 1 rings (SSSR count). The molecule has 0 spiro atoms. The van der Waals surface area contributed by atoms with Crippen molar-refractivity contribution < 1.29 is 9.84 Å². The van der Waals surface area contributed by atoms with Gasteiger partial charge in [-0.15, -0.1) is 0 Å². The summed E-state index contributed by atoms with van der Waals surface area (Å²) in [5, 5.41) is 12.9. The Bertz CT molecular complexity index is 192. The summed E-state index contributed by atoms with van der Waals surface area (Å²) >= 11 is 0. The first-order chi connectivity index (χ1) is 7.56. The fourth-order valence-electron chi connectivity index (χ4n) is 1.85. The third-order valence-electron chi connectivity index (χ3n) is 3.05. The van der Waals surface area contributed by atoms with Crippen molar-refractivity contribution in [2.24, 2.45) is 0 Å². The van der Waals surface area contributed by atoms with Crippen molar-refractivity contribution in [2.45, 2.75) is 70.6 Å². The van der Waals surface area contributed by atoms with E-state index in [4.69, 9.17) is 4.74 Å². The molecule has 2 N–H and O–H groups in total. The number of aliphatic hydroxyl groups is 1. The van der Waals surface area contributed by atoms with Crippen LogP contribution in [0.25, 0.3) is 0 Å². The highest BCUT2D eigenvalue weighted by Gasteiger charge is 2.31. The Kier molecular flexibility index (Phi) is 5.73. The molecule has 1 aliphatic rings. The Labute approximate surface area is 99.6 Å². The number of hydrogen-bond acceptors (Lipinski definition) is 3. The molecule has 0 saturated heterocycles. The third-order valence-corrected chi connectivity index (χ3v) is 3.05. The van der Waals surface area contributed by atoms with Crippen molar-refractivity contribution in [3.63, 3.8) is 0 Å². The number of hydrogen-bond donors (Lipinski definition) is 2. The molecular formula is C13H27NO2. The van der Waals surface area contributed by atoms with E-state index < -0.39 is 0 Å². The number of aliphatic hydroxyl groups excluding tert-OH is 1. The fourth-order valence-corrected chi connectivity index (χ4v) is 1.85. The Morgan fingerprint density at radius 1 is 1.38 bits per heavy atom. The Hall–Kier alpha value is -0.120. The second kappa shape index (κ2) is 6.58. The zero-order chi connectivity index (χ0) is 12.0. The van der Waals surface area contributed by atoms with Gasteiger partial charge in [-0.2, -0.15) is 0 Å². The van der Waals surface area contributed by atoms with Gasteiger partial charge in [0.05, 0.1) is 12.7 Å². The summed E-state index contributed by atoms with van der Waals surface area (Å²) in [7, 11) is 0. The predicted molar refractivity (Wildman–Crippen MR) is 66.6 cm³/mol. The molecule has 1 aliphatic carbocycles. The molecular weight excluding hydrogens is 202 g/mol. The number of ether oxygens (including phenoxy) is 1. The minimum absolute atomic E-state index is 0.0843. The Morgan fingerprint density at radius 3 is 2.56 bits per heavy atom. The lowest BCUT2D eigenvalue weighted by Gasteiger charge is -2.29. The van der Waals surface area contributed by atoms with Crippen LogP contribution in [0, 0.1) is 0 Å². The molecule has 0 bridgehead atoms. The topological polar surface area (TPSA) is 41.5 Å². The average molecular weight is 229 g/mol. The molecule has 16 heavy (non-hydrogen) atoms. The van der Waals surface area contributed by atoms with E-state index in [-0.39, 0.29) is 12.1 Å². The van der Waals surface area contributed by atoms with Gasteiger partial charge in [0.15, 0.2) is 0 Å². The van der Waals surface area contributed by atoms with Gasteiger partial charge in [0.2, 0.25) is 0 Å². The molecule has 0 aliphatic heterocycles. The van der Waals surface area contributed by atoms with E-state index in [9.17, 15) is 5.11 Å². The molecule has 1 fully saturated rings. The summed E-state index contributed by atoms with van der Waals surface area (Å²) in [4.78, 5) is 0. The van der Waals surface area contributed by atoms with Crippen LogP contribution >= 0.6 is 0 Å². The summed E-state index contributed by atoms with van der Waals surface area (Å²) in [6, 6.07) is 0.657. The number of rotatable bonds is 9. The van der Waals surface area contributed by atoms with E-state index in [1.165, 1.54) is 12.8 Å². The van der Waals surface area contributed by atoms with E-state index in [1.807, 2.05) is 0 Å². The lowest BCUT2D eigenvalue weighted by atomic mass is 9.95. The van der Waals surface area contributed by atoms with Gasteiger partial charge in [0.25, 0.3) is 0 Å². The van der Waals surface area contributed by atoms with Gasteiger partial charge in [-0.3, -0.25) is 0 Å². The van der Waals surface area contributed by atoms with E-state index >= 15 is 0 Å². The highest BCUT2D eigenvalue weighted by Crippen LogP contribution is 2.24. The van der Waals surface area contributed by atoms with Crippen LogP contribution in [0.1, 0.15) is 52.9 Å². The zero-order valence-electron chi connectivity index (χ0n) is 11.0. The van der Waals surface area contributed by atoms with Gasteiger partial charge in [-0.25, -0.2) is 0 Å². The number of nitrogens with one attached hydrogen (secondary N) is 1. The van der Waals surface area contributed by atoms with Crippen LogP contribution in [-0.2, 0) is 4.74 Å². The molecule has 1 atom stereocenters. The van der Waals surface area contributed by atoms with Crippen LogP contribution in [0.15, 0.2) is 0 Å². The Balaban J connectivity index is 2.07. The van der Waals surface area contributed by atoms with Gasteiger partial charge < -0.3 is 15.2 Å². The van der Waals surface area contributed by atoms with Gasteiger partial charge >= 0.3 is 0 Å². The van der Waals surface area contributed by atoms with Crippen molar-refractivity contribution in [1.82, 2.24) is 5.32 Å². The maximum atomic E-state index is 9.41. The quantitative estimate of drug-likeness (QED) is 0.595. The first-order valence-electron chi connectivity index (χ1n) is 6.56.